The van der Waals surface area contributed by atoms with Crippen molar-refractivity contribution in [3.63, 3.8) is 0 Å². The Bertz CT molecular complexity index is 340. The second-order valence-electron chi connectivity index (χ2n) is 4.60. The fraction of sp³-hybridized carbons (Fsp3) is 0.583. The molecule has 0 unspecified atom stereocenters. The highest BCUT2D eigenvalue weighted by Crippen LogP contribution is 2.19. The van der Waals surface area contributed by atoms with Gasteiger partial charge >= 0.3 is 0 Å². The molecule has 2 heterocycles. The summed E-state index contributed by atoms with van der Waals surface area (Å²) in [6.07, 6.45) is 1.93. The van der Waals surface area contributed by atoms with Gasteiger partial charge in [0.05, 0.1) is 0 Å². The van der Waals surface area contributed by atoms with Gasteiger partial charge in [0.25, 0.3) is 0 Å². The Morgan fingerprint density at radius 1 is 1.25 bits per heavy atom. The van der Waals surface area contributed by atoms with Crippen LogP contribution in [0.5, 0.6) is 0 Å². The molecule has 1 aliphatic heterocycles. The van der Waals surface area contributed by atoms with E-state index in [1.165, 1.54) is 3.57 Å². The van der Waals surface area contributed by atoms with Crippen molar-refractivity contribution in [1.82, 2.24) is 9.88 Å². The lowest BCUT2D eigenvalue weighted by atomic mass is 10.1. The van der Waals surface area contributed by atoms with Gasteiger partial charge in [0.1, 0.15) is 5.82 Å². The molecule has 1 aromatic heterocycles. The van der Waals surface area contributed by atoms with Crippen LogP contribution in [0.1, 0.15) is 13.8 Å². The zero-order valence-electron chi connectivity index (χ0n) is 10.0. The van der Waals surface area contributed by atoms with Gasteiger partial charge in [0.15, 0.2) is 0 Å². The van der Waals surface area contributed by atoms with Crippen LogP contribution in [0.2, 0.25) is 0 Å². The number of halogens is 1. The van der Waals surface area contributed by atoms with Crippen molar-refractivity contribution in [2.45, 2.75) is 25.9 Å². The number of nitrogens with zero attached hydrogens (tertiary/aromatic N) is 3. The molecule has 0 saturated carbocycles. The molecule has 0 aromatic carbocycles. The standard InChI is InChI=1S/C12H18IN3/c1-9-7-16(8-10(2)15(9)3)12-5-4-11(13)6-14-12/h4-6,9-10H,7-8H2,1-3H3/t9-,10+. The first-order valence-corrected chi connectivity index (χ1v) is 6.74. The molecule has 16 heavy (non-hydrogen) atoms. The van der Waals surface area contributed by atoms with E-state index in [-0.39, 0.29) is 0 Å². The Morgan fingerprint density at radius 2 is 1.88 bits per heavy atom. The molecule has 0 amide bonds. The summed E-state index contributed by atoms with van der Waals surface area (Å²) in [6.45, 7) is 6.67. The molecule has 1 aromatic rings. The van der Waals surface area contributed by atoms with Crippen molar-refractivity contribution < 1.29 is 0 Å². The van der Waals surface area contributed by atoms with Crippen LogP contribution in [-0.2, 0) is 0 Å². The van der Waals surface area contributed by atoms with Gasteiger partial charge in [-0.25, -0.2) is 4.98 Å². The zero-order valence-corrected chi connectivity index (χ0v) is 12.2. The molecule has 88 valence electrons. The smallest absolute Gasteiger partial charge is 0.128 e. The van der Waals surface area contributed by atoms with Crippen molar-refractivity contribution in [1.29, 1.82) is 0 Å². The van der Waals surface area contributed by atoms with Gasteiger partial charge in [-0.1, -0.05) is 0 Å². The number of likely N-dealkylation sites (N-methyl/N-ethyl adjacent to an activating group) is 1. The summed E-state index contributed by atoms with van der Waals surface area (Å²) in [5, 5.41) is 0. The molecule has 2 rings (SSSR count). The maximum Gasteiger partial charge on any atom is 0.128 e. The number of hydrogen-bond donors (Lipinski definition) is 0. The fourth-order valence-electron chi connectivity index (χ4n) is 2.15. The molecular formula is C12H18IN3. The Labute approximate surface area is 111 Å². The summed E-state index contributed by atoms with van der Waals surface area (Å²) in [5.41, 5.74) is 0. The maximum atomic E-state index is 4.50. The van der Waals surface area contributed by atoms with E-state index in [2.05, 4.69) is 70.4 Å². The highest BCUT2D eigenvalue weighted by molar-refractivity contribution is 14.1. The Hall–Kier alpha value is -0.360. The minimum atomic E-state index is 0.588. The molecule has 1 fully saturated rings. The molecule has 0 aliphatic carbocycles. The van der Waals surface area contributed by atoms with Crippen molar-refractivity contribution in [2.75, 3.05) is 25.0 Å². The second-order valence-corrected chi connectivity index (χ2v) is 5.85. The van der Waals surface area contributed by atoms with Crippen molar-refractivity contribution >= 4 is 28.4 Å². The average molecular weight is 331 g/mol. The van der Waals surface area contributed by atoms with E-state index in [4.69, 9.17) is 0 Å². The Kier molecular flexibility index (Phi) is 3.69. The van der Waals surface area contributed by atoms with Gasteiger partial charge in [-0.2, -0.15) is 0 Å². The molecule has 0 radical (unpaired) electrons. The van der Waals surface area contributed by atoms with Crippen LogP contribution in [0, 0.1) is 3.57 Å². The number of hydrogen-bond acceptors (Lipinski definition) is 3. The molecule has 3 nitrogen and oxygen atoms in total. The number of aromatic nitrogens is 1. The molecule has 2 atom stereocenters. The lowest BCUT2D eigenvalue weighted by Gasteiger charge is -2.42. The summed E-state index contributed by atoms with van der Waals surface area (Å²) >= 11 is 2.29. The van der Waals surface area contributed by atoms with Gasteiger partial charge in [-0.3, -0.25) is 4.90 Å². The van der Waals surface area contributed by atoms with Crippen LogP contribution in [0.4, 0.5) is 5.82 Å². The first kappa shape index (κ1) is 12.1. The first-order chi connectivity index (χ1) is 7.58. The minimum Gasteiger partial charge on any atom is -0.354 e. The van der Waals surface area contributed by atoms with Crippen molar-refractivity contribution in [2.24, 2.45) is 0 Å². The van der Waals surface area contributed by atoms with Crippen LogP contribution in [-0.4, -0.2) is 42.1 Å². The monoisotopic (exact) mass is 331 g/mol. The van der Waals surface area contributed by atoms with E-state index in [0.717, 1.165) is 18.9 Å². The third kappa shape index (κ3) is 2.48. The molecule has 0 bridgehead atoms. The maximum absolute atomic E-state index is 4.50. The normalized spacial score (nSPS) is 27.1. The third-order valence-corrected chi connectivity index (χ3v) is 4.03. The van der Waals surface area contributed by atoms with Gasteiger partial charge in [0.2, 0.25) is 0 Å². The van der Waals surface area contributed by atoms with E-state index in [1.54, 1.807) is 0 Å². The topological polar surface area (TPSA) is 19.4 Å². The number of pyridine rings is 1. The van der Waals surface area contributed by atoms with Gasteiger partial charge in [-0.15, -0.1) is 0 Å². The van der Waals surface area contributed by atoms with Crippen molar-refractivity contribution in [3.05, 3.63) is 21.9 Å². The van der Waals surface area contributed by atoms with E-state index in [1.807, 2.05) is 6.20 Å². The molecular weight excluding hydrogens is 313 g/mol. The van der Waals surface area contributed by atoms with E-state index < -0.39 is 0 Å². The van der Waals surface area contributed by atoms with Crippen LogP contribution in [0.25, 0.3) is 0 Å². The molecule has 0 spiro atoms. The predicted octanol–water partition coefficient (Wildman–Crippen LogP) is 2.21. The van der Waals surface area contributed by atoms with E-state index in [9.17, 15) is 0 Å². The number of anilines is 1. The third-order valence-electron chi connectivity index (χ3n) is 3.40. The number of rotatable bonds is 1. The van der Waals surface area contributed by atoms with Crippen LogP contribution < -0.4 is 4.90 Å². The Morgan fingerprint density at radius 3 is 2.38 bits per heavy atom. The number of piperazine rings is 1. The zero-order chi connectivity index (χ0) is 11.7. The van der Waals surface area contributed by atoms with Gasteiger partial charge in [-0.05, 0) is 55.6 Å². The van der Waals surface area contributed by atoms with E-state index >= 15 is 0 Å². The Balaban J connectivity index is 2.13. The minimum absolute atomic E-state index is 0.588. The van der Waals surface area contributed by atoms with Crippen LogP contribution in [0.15, 0.2) is 18.3 Å². The van der Waals surface area contributed by atoms with Gasteiger partial charge < -0.3 is 4.90 Å². The molecule has 1 saturated heterocycles. The predicted molar refractivity (Wildman–Crippen MR) is 75.9 cm³/mol. The van der Waals surface area contributed by atoms with Crippen molar-refractivity contribution in [3.8, 4) is 0 Å². The second kappa shape index (κ2) is 4.87. The summed E-state index contributed by atoms with van der Waals surface area (Å²) < 4.78 is 1.19. The highest BCUT2D eigenvalue weighted by atomic mass is 127. The summed E-state index contributed by atoms with van der Waals surface area (Å²) in [4.78, 5) is 9.31. The summed E-state index contributed by atoms with van der Waals surface area (Å²) in [5.74, 6) is 1.10. The molecule has 1 aliphatic rings. The quantitative estimate of drug-likeness (QED) is 0.736. The summed E-state index contributed by atoms with van der Waals surface area (Å²) in [6, 6.07) is 5.41. The van der Waals surface area contributed by atoms with Gasteiger partial charge in [0, 0.05) is 34.9 Å². The van der Waals surface area contributed by atoms with Crippen LogP contribution in [0.3, 0.4) is 0 Å². The molecule has 4 heteroatoms. The lowest BCUT2D eigenvalue weighted by Crippen LogP contribution is -2.55. The van der Waals surface area contributed by atoms with E-state index in [0.29, 0.717) is 12.1 Å². The fourth-order valence-corrected chi connectivity index (χ4v) is 2.47. The molecule has 0 N–H and O–H groups in total. The first-order valence-electron chi connectivity index (χ1n) is 5.66. The largest absolute Gasteiger partial charge is 0.354 e. The highest BCUT2D eigenvalue weighted by Gasteiger charge is 2.26. The SMILES string of the molecule is C[C@@H]1CN(c2ccc(I)cn2)C[C@H](C)N1C. The average Bonchev–Trinajstić information content (AvgIpc) is 2.26. The summed E-state index contributed by atoms with van der Waals surface area (Å²) in [7, 11) is 2.20. The lowest BCUT2D eigenvalue weighted by molar-refractivity contribution is 0.169. The van der Waals surface area contributed by atoms with Crippen LogP contribution >= 0.6 is 22.6 Å².